The molecule has 0 heterocycles. The molecular formula is C7H13NO. The van der Waals surface area contributed by atoms with Crippen molar-refractivity contribution in [2.24, 2.45) is 0 Å². The van der Waals surface area contributed by atoms with Crippen molar-refractivity contribution in [3.63, 3.8) is 0 Å². The molecule has 0 aliphatic rings. The van der Waals surface area contributed by atoms with Crippen LogP contribution in [-0.2, 0) is 4.79 Å². The van der Waals surface area contributed by atoms with Crippen LogP contribution in [0, 0.1) is 0 Å². The van der Waals surface area contributed by atoms with Gasteiger partial charge in [-0.1, -0.05) is 6.08 Å². The summed E-state index contributed by atoms with van der Waals surface area (Å²) in [6.45, 7) is 6.15. The molecule has 0 atom stereocenters. The van der Waals surface area contributed by atoms with Gasteiger partial charge in [0.1, 0.15) is 0 Å². The first kappa shape index (κ1) is 8.21. The van der Waals surface area contributed by atoms with Gasteiger partial charge >= 0.3 is 0 Å². The number of carbonyl (C=O) groups excluding carboxylic acids is 1. The number of hydrogen-bond donors (Lipinski definition) is 0. The first-order valence-corrected chi connectivity index (χ1v) is 3.12. The second-order valence-corrected chi connectivity index (χ2v) is 1.79. The van der Waals surface area contributed by atoms with E-state index in [1.165, 1.54) is 0 Å². The summed E-state index contributed by atoms with van der Waals surface area (Å²) >= 11 is 0. The Hall–Kier alpha value is -0.790. The zero-order chi connectivity index (χ0) is 7.28. The number of amides is 1. The van der Waals surface area contributed by atoms with E-state index in [9.17, 15) is 4.79 Å². The molecule has 9 heavy (non-hydrogen) atoms. The van der Waals surface area contributed by atoms with E-state index in [2.05, 4.69) is 0 Å². The van der Waals surface area contributed by atoms with Gasteiger partial charge in [0.2, 0.25) is 5.91 Å². The lowest BCUT2D eigenvalue weighted by molar-refractivity contribution is -0.126. The van der Waals surface area contributed by atoms with E-state index in [0.29, 0.717) is 0 Å². The molecule has 0 aromatic rings. The number of allylic oxidation sites excluding steroid dienone is 1. The highest BCUT2D eigenvalue weighted by atomic mass is 16.2. The van der Waals surface area contributed by atoms with Gasteiger partial charge in [0.05, 0.1) is 0 Å². The topological polar surface area (TPSA) is 20.3 Å². The van der Waals surface area contributed by atoms with Crippen molar-refractivity contribution in [2.45, 2.75) is 20.8 Å². The molecule has 0 aliphatic heterocycles. The summed E-state index contributed by atoms with van der Waals surface area (Å²) in [6.07, 6.45) is 3.63. The van der Waals surface area contributed by atoms with E-state index < -0.39 is 0 Å². The minimum atomic E-state index is 0.0931. The number of hydrogen-bond acceptors (Lipinski definition) is 1. The molecule has 0 N–H and O–H groups in total. The molecule has 1 amide bonds. The van der Waals surface area contributed by atoms with Gasteiger partial charge in [-0.2, -0.15) is 0 Å². The predicted molar refractivity (Wildman–Crippen MR) is 37.9 cm³/mol. The Bertz CT molecular complexity index is 118. The van der Waals surface area contributed by atoms with Crippen LogP contribution in [0.3, 0.4) is 0 Å². The molecule has 0 rings (SSSR count). The van der Waals surface area contributed by atoms with Gasteiger partial charge in [-0.3, -0.25) is 4.79 Å². The largest absolute Gasteiger partial charge is 0.320 e. The molecule has 0 bridgehead atoms. The molecule has 0 aromatic heterocycles. The fraction of sp³-hybridized carbons (Fsp3) is 0.571. The van der Waals surface area contributed by atoms with Crippen molar-refractivity contribution >= 4 is 5.91 Å². The summed E-state index contributed by atoms with van der Waals surface area (Å²) in [7, 11) is 0. The molecule has 52 valence electrons. The van der Waals surface area contributed by atoms with Crippen molar-refractivity contribution in [3.05, 3.63) is 12.3 Å². The third-order valence-corrected chi connectivity index (χ3v) is 1.07. The van der Waals surface area contributed by atoms with E-state index in [1.807, 2.05) is 19.9 Å². The average Bonchev–Trinajstić information content (AvgIpc) is 1.82. The highest BCUT2D eigenvalue weighted by Gasteiger charge is 1.97. The monoisotopic (exact) mass is 127 g/mol. The molecule has 0 saturated carbocycles. The molecule has 0 spiro atoms. The number of rotatable bonds is 2. The minimum Gasteiger partial charge on any atom is -0.320 e. The Labute approximate surface area is 56.2 Å². The van der Waals surface area contributed by atoms with Crippen molar-refractivity contribution in [1.29, 1.82) is 0 Å². The lowest BCUT2D eigenvalue weighted by Gasteiger charge is -2.11. The Kier molecular flexibility index (Phi) is 3.76. The predicted octanol–water partition coefficient (Wildman–Crippen LogP) is 1.39. The van der Waals surface area contributed by atoms with Gasteiger partial charge in [0.15, 0.2) is 0 Å². The molecular weight excluding hydrogens is 114 g/mol. The molecule has 0 aliphatic carbocycles. The Morgan fingerprint density at radius 2 is 2.22 bits per heavy atom. The summed E-state index contributed by atoms with van der Waals surface area (Å²) in [5.41, 5.74) is 0. The van der Waals surface area contributed by atoms with Gasteiger partial charge in [-0.05, 0) is 13.8 Å². The second-order valence-electron chi connectivity index (χ2n) is 1.79. The molecule has 2 heteroatoms. The Morgan fingerprint density at radius 3 is 2.33 bits per heavy atom. The Morgan fingerprint density at radius 1 is 1.67 bits per heavy atom. The van der Waals surface area contributed by atoms with Crippen LogP contribution in [0.15, 0.2) is 12.3 Å². The lowest BCUT2D eigenvalue weighted by Crippen LogP contribution is -2.21. The van der Waals surface area contributed by atoms with Gasteiger partial charge in [0, 0.05) is 19.7 Å². The first-order chi connectivity index (χ1) is 4.22. The summed E-state index contributed by atoms with van der Waals surface area (Å²) in [4.78, 5) is 12.3. The van der Waals surface area contributed by atoms with Crippen molar-refractivity contribution < 1.29 is 4.79 Å². The van der Waals surface area contributed by atoms with E-state index in [1.54, 1.807) is 18.0 Å². The zero-order valence-electron chi connectivity index (χ0n) is 6.22. The van der Waals surface area contributed by atoms with Crippen LogP contribution in [0.4, 0.5) is 0 Å². The quantitative estimate of drug-likeness (QED) is 0.549. The van der Waals surface area contributed by atoms with Gasteiger partial charge in [-0.15, -0.1) is 0 Å². The first-order valence-electron chi connectivity index (χ1n) is 3.12. The maximum Gasteiger partial charge on any atom is 0.223 e. The lowest BCUT2D eigenvalue weighted by atomic mass is 10.5. The van der Waals surface area contributed by atoms with Crippen LogP contribution in [0.1, 0.15) is 20.8 Å². The third-order valence-electron chi connectivity index (χ3n) is 1.07. The van der Waals surface area contributed by atoms with Crippen molar-refractivity contribution in [2.75, 3.05) is 6.54 Å². The van der Waals surface area contributed by atoms with Gasteiger partial charge in [0.25, 0.3) is 0 Å². The van der Waals surface area contributed by atoms with Crippen LogP contribution in [0.25, 0.3) is 0 Å². The van der Waals surface area contributed by atoms with Crippen LogP contribution in [0.2, 0.25) is 0 Å². The maximum atomic E-state index is 10.6. The number of carbonyl (C=O) groups is 1. The summed E-state index contributed by atoms with van der Waals surface area (Å²) in [5.74, 6) is 0.0931. The van der Waals surface area contributed by atoms with Crippen LogP contribution >= 0.6 is 0 Å². The average molecular weight is 127 g/mol. The van der Waals surface area contributed by atoms with E-state index in [-0.39, 0.29) is 5.91 Å². The molecule has 0 saturated heterocycles. The summed E-state index contributed by atoms with van der Waals surface area (Å²) < 4.78 is 0. The zero-order valence-corrected chi connectivity index (χ0v) is 6.22. The standard InChI is InChI=1S/C7H13NO/c1-4-6-8(5-2)7(3)9/h4,6H,5H2,1-3H3/b6-4+. The van der Waals surface area contributed by atoms with Crippen LogP contribution in [-0.4, -0.2) is 17.4 Å². The SMILES string of the molecule is C/C=C/N(CC)C(C)=O. The third kappa shape index (κ3) is 2.90. The van der Waals surface area contributed by atoms with E-state index in [4.69, 9.17) is 0 Å². The van der Waals surface area contributed by atoms with Crippen molar-refractivity contribution in [3.8, 4) is 0 Å². The van der Waals surface area contributed by atoms with Gasteiger partial charge < -0.3 is 4.90 Å². The van der Waals surface area contributed by atoms with Crippen LogP contribution in [0.5, 0.6) is 0 Å². The van der Waals surface area contributed by atoms with Crippen molar-refractivity contribution in [1.82, 2.24) is 4.90 Å². The second kappa shape index (κ2) is 4.13. The summed E-state index contributed by atoms with van der Waals surface area (Å²) in [5, 5.41) is 0. The summed E-state index contributed by atoms with van der Waals surface area (Å²) in [6, 6.07) is 0. The highest BCUT2D eigenvalue weighted by molar-refractivity contribution is 5.74. The number of nitrogens with zero attached hydrogens (tertiary/aromatic N) is 1. The molecule has 0 fully saturated rings. The highest BCUT2D eigenvalue weighted by Crippen LogP contribution is 1.88. The molecule has 2 nitrogen and oxygen atoms in total. The van der Waals surface area contributed by atoms with E-state index in [0.717, 1.165) is 6.54 Å². The van der Waals surface area contributed by atoms with E-state index >= 15 is 0 Å². The normalized spacial score (nSPS) is 10.1. The van der Waals surface area contributed by atoms with Gasteiger partial charge in [-0.25, -0.2) is 0 Å². The molecule has 0 radical (unpaired) electrons. The minimum absolute atomic E-state index is 0.0931. The fourth-order valence-corrected chi connectivity index (χ4v) is 0.613. The van der Waals surface area contributed by atoms with Crippen LogP contribution < -0.4 is 0 Å². The Balaban J connectivity index is 3.83. The molecule has 0 aromatic carbocycles. The molecule has 0 unspecified atom stereocenters. The fourth-order valence-electron chi connectivity index (χ4n) is 0.613. The smallest absolute Gasteiger partial charge is 0.223 e. The maximum absolute atomic E-state index is 10.6.